The van der Waals surface area contributed by atoms with Gasteiger partial charge in [-0.25, -0.2) is 8.42 Å². The molecule has 1 aromatic rings. The number of morpholine rings is 1. The summed E-state index contributed by atoms with van der Waals surface area (Å²) < 4.78 is 33.0. The van der Waals surface area contributed by atoms with Crippen molar-refractivity contribution in [2.75, 3.05) is 45.9 Å². The van der Waals surface area contributed by atoms with E-state index in [2.05, 4.69) is 5.32 Å². The number of ether oxygens (including phenoxy) is 1. The lowest BCUT2D eigenvalue weighted by Gasteiger charge is -2.32. The molecule has 0 aliphatic carbocycles. The second kappa shape index (κ2) is 8.47. The van der Waals surface area contributed by atoms with Crippen LogP contribution in [0.3, 0.4) is 0 Å². The van der Waals surface area contributed by atoms with Gasteiger partial charge in [-0.2, -0.15) is 4.31 Å². The zero-order chi connectivity index (χ0) is 18.6. The van der Waals surface area contributed by atoms with E-state index in [1.165, 1.54) is 10.4 Å². The summed E-state index contributed by atoms with van der Waals surface area (Å²) in [6, 6.07) is 6.40. The van der Waals surface area contributed by atoms with Gasteiger partial charge < -0.3 is 15.0 Å². The number of nitrogens with one attached hydrogen (secondary N) is 1. The van der Waals surface area contributed by atoms with Gasteiger partial charge in [-0.3, -0.25) is 4.79 Å². The van der Waals surface area contributed by atoms with Crippen molar-refractivity contribution in [3.8, 4) is 0 Å². The summed E-state index contributed by atoms with van der Waals surface area (Å²) in [5.74, 6) is -0.138. The Hall–Kier alpha value is -1.48. The Kier molecular flexibility index (Phi) is 6.29. The Morgan fingerprint density at radius 3 is 2.92 bits per heavy atom. The summed E-state index contributed by atoms with van der Waals surface area (Å²) in [4.78, 5) is 14.8. The Morgan fingerprint density at radius 2 is 2.12 bits per heavy atom. The van der Waals surface area contributed by atoms with Crippen molar-refractivity contribution in [3.63, 3.8) is 0 Å². The fourth-order valence-electron chi connectivity index (χ4n) is 3.33. The monoisotopic (exact) mass is 381 g/mol. The quantitative estimate of drug-likeness (QED) is 0.839. The van der Waals surface area contributed by atoms with Crippen LogP contribution < -0.4 is 5.32 Å². The molecule has 1 amide bonds. The van der Waals surface area contributed by atoms with E-state index in [1.807, 2.05) is 6.92 Å². The number of sulfonamides is 1. The molecule has 2 heterocycles. The van der Waals surface area contributed by atoms with Crippen LogP contribution in [-0.4, -0.2) is 75.5 Å². The number of hydrogen-bond acceptors (Lipinski definition) is 5. The number of benzene rings is 1. The van der Waals surface area contributed by atoms with Crippen LogP contribution >= 0.6 is 0 Å². The van der Waals surface area contributed by atoms with Crippen LogP contribution in [0.4, 0.5) is 0 Å². The van der Waals surface area contributed by atoms with E-state index in [0.717, 1.165) is 19.4 Å². The molecule has 8 heteroatoms. The van der Waals surface area contributed by atoms with Crippen LogP contribution in [-0.2, 0) is 14.8 Å². The van der Waals surface area contributed by atoms with Crippen LogP contribution in [0.2, 0.25) is 0 Å². The molecule has 0 radical (unpaired) electrons. The van der Waals surface area contributed by atoms with E-state index in [4.69, 9.17) is 4.74 Å². The lowest BCUT2D eigenvalue weighted by molar-refractivity contribution is -0.0226. The highest BCUT2D eigenvalue weighted by molar-refractivity contribution is 7.89. The standard InChI is InChI=1S/C18H27N3O4S/c1-2-16-14-20(11-12-25-16)18(22)15-5-3-6-17(13-15)26(23,24)21-9-4-7-19-8-10-21/h3,5-6,13,16,19H,2,4,7-12,14H2,1H3/t16-/m0/s1. The van der Waals surface area contributed by atoms with Crippen LogP contribution in [0.5, 0.6) is 0 Å². The Labute approximate surface area is 155 Å². The fourth-order valence-corrected chi connectivity index (χ4v) is 4.86. The zero-order valence-electron chi connectivity index (χ0n) is 15.2. The molecule has 0 spiro atoms. The van der Waals surface area contributed by atoms with Crippen molar-refractivity contribution < 1.29 is 17.9 Å². The molecule has 0 unspecified atom stereocenters. The highest BCUT2D eigenvalue weighted by Crippen LogP contribution is 2.20. The maximum atomic E-state index is 12.9. The first kappa shape index (κ1) is 19.3. The fraction of sp³-hybridized carbons (Fsp3) is 0.611. The van der Waals surface area contributed by atoms with Crippen molar-refractivity contribution >= 4 is 15.9 Å². The van der Waals surface area contributed by atoms with E-state index in [1.54, 1.807) is 23.1 Å². The van der Waals surface area contributed by atoms with E-state index in [9.17, 15) is 13.2 Å². The molecule has 2 saturated heterocycles. The first-order chi connectivity index (χ1) is 12.5. The molecule has 7 nitrogen and oxygen atoms in total. The largest absolute Gasteiger partial charge is 0.375 e. The molecule has 26 heavy (non-hydrogen) atoms. The predicted octanol–water partition coefficient (Wildman–Crippen LogP) is 0.922. The zero-order valence-corrected chi connectivity index (χ0v) is 16.0. The third-order valence-electron chi connectivity index (χ3n) is 4.90. The van der Waals surface area contributed by atoms with Gasteiger partial charge >= 0.3 is 0 Å². The van der Waals surface area contributed by atoms with Gasteiger partial charge in [-0.15, -0.1) is 0 Å². The molecule has 2 aliphatic rings. The number of carbonyl (C=O) groups excluding carboxylic acids is 1. The summed E-state index contributed by atoms with van der Waals surface area (Å²) in [6.45, 7) is 6.03. The van der Waals surface area contributed by atoms with Gasteiger partial charge in [0, 0.05) is 38.3 Å². The second-order valence-corrected chi connectivity index (χ2v) is 8.63. The molecule has 0 aromatic heterocycles. The van der Waals surface area contributed by atoms with Crippen molar-refractivity contribution in [1.82, 2.24) is 14.5 Å². The molecule has 1 atom stereocenters. The maximum Gasteiger partial charge on any atom is 0.254 e. The van der Waals surface area contributed by atoms with Gasteiger partial charge in [0.05, 0.1) is 17.6 Å². The minimum atomic E-state index is -3.59. The Morgan fingerprint density at radius 1 is 1.27 bits per heavy atom. The molecule has 1 N–H and O–H groups in total. The van der Waals surface area contributed by atoms with Crippen LogP contribution in [0.15, 0.2) is 29.2 Å². The molecule has 1 aromatic carbocycles. The van der Waals surface area contributed by atoms with Crippen molar-refractivity contribution in [2.45, 2.75) is 30.8 Å². The number of carbonyl (C=O) groups is 1. The average Bonchev–Trinajstić information content (AvgIpc) is 2.97. The van der Waals surface area contributed by atoms with E-state index >= 15 is 0 Å². The third-order valence-corrected chi connectivity index (χ3v) is 6.79. The lowest BCUT2D eigenvalue weighted by Crippen LogP contribution is -2.45. The van der Waals surface area contributed by atoms with Crippen molar-refractivity contribution in [1.29, 1.82) is 0 Å². The third kappa shape index (κ3) is 4.25. The summed E-state index contributed by atoms with van der Waals surface area (Å²) >= 11 is 0. The van der Waals surface area contributed by atoms with Gasteiger partial charge in [-0.1, -0.05) is 13.0 Å². The topological polar surface area (TPSA) is 79.0 Å². The van der Waals surface area contributed by atoms with Gasteiger partial charge in [-0.05, 0) is 37.6 Å². The van der Waals surface area contributed by atoms with E-state index in [-0.39, 0.29) is 16.9 Å². The van der Waals surface area contributed by atoms with Gasteiger partial charge in [0.2, 0.25) is 10.0 Å². The Bertz CT molecular complexity index is 730. The molecular weight excluding hydrogens is 354 g/mol. The highest BCUT2D eigenvalue weighted by atomic mass is 32.2. The molecule has 144 valence electrons. The van der Waals surface area contributed by atoms with Gasteiger partial charge in [0.1, 0.15) is 0 Å². The van der Waals surface area contributed by atoms with Crippen molar-refractivity contribution in [3.05, 3.63) is 29.8 Å². The lowest BCUT2D eigenvalue weighted by atomic mass is 10.1. The number of nitrogens with zero attached hydrogens (tertiary/aromatic N) is 2. The highest BCUT2D eigenvalue weighted by Gasteiger charge is 2.28. The molecule has 3 rings (SSSR count). The van der Waals surface area contributed by atoms with Crippen LogP contribution in [0, 0.1) is 0 Å². The smallest absolute Gasteiger partial charge is 0.254 e. The molecule has 0 bridgehead atoms. The minimum Gasteiger partial charge on any atom is -0.375 e. The first-order valence-electron chi connectivity index (χ1n) is 9.24. The van der Waals surface area contributed by atoms with Gasteiger partial charge in [0.25, 0.3) is 5.91 Å². The normalized spacial score (nSPS) is 22.8. The second-order valence-electron chi connectivity index (χ2n) is 6.69. The SMILES string of the molecule is CC[C@H]1CN(C(=O)c2cccc(S(=O)(=O)N3CCCNCC3)c2)CCO1. The van der Waals surface area contributed by atoms with Gasteiger partial charge in [0.15, 0.2) is 0 Å². The summed E-state index contributed by atoms with van der Waals surface area (Å²) in [5, 5.41) is 3.20. The first-order valence-corrected chi connectivity index (χ1v) is 10.7. The molecule has 0 saturated carbocycles. The molecule has 2 aliphatic heterocycles. The van der Waals surface area contributed by atoms with Crippen LogP contribution in [0.1, 0.15) is 30.1 Å². The predicted molar refractivity (Wildman–Crippen MR) is 98.6 cm³/mol. The minimum absolute atomic E-state index is 0.0456. The summed E-state index contributed by atoms with van der Waals surface area (Å²) in [5.41, 5.74) is 0.413. The van der Waals surface area contributed by atoms with Crippen LogP contribution in [0.25, 0.3) is 0 Å². The Balaban J connectivity index is 1.80. The average molecular weight is 381 g/mol. The van der Waals surface area contributed by atoms with Crippen molar-refractivity contribution in [2.24, 2.45) is 0 Å². The molecule has 2 fully saturated rings. The molecular formula is C18H27N3O4S. The summed E-state index contributed by atoms with van der Waals surface area (Å²) in [7, 11) is -3.59. The summed E-state index contributed by atoms with van der Waals surface area (Å²) in [6.07, 6.45) is 1.68. The maximum absolute atomic E-state index is 12.9. The number of hydrogen-bond donors (Lipinski definition) is 1. The van der Waals surface area contributed by atoms with E-state index in [0.29, 0.717) is 44.9 Å². The van der Waals surface area contributed by atoms with E-state index < -0.39 is 10.0 Å². The number of rotatable bonds is 4. The number of amides is 1.